The predicted octanol–water partition coefficient (Wildman–Crippen LogP) is 0.731. The number of rotatable bonds is 11. The molecule has 1 aliphatic rings. The lowest BCUT2D eigenvalue weighted by molar-refractivity contribution is -0.0525. The third kappa shape index (κ3) is 6.96. The molecule has 0 radical (unpaired) electrons. The number of anilines is 1. The Morgan fingerprint density at radius 3 is 2.65 bits per heavy atom. The number of aromatic nitrogens is 3. The molecular weight excluding hydrogens is 517 g/mol. The third-order valence-electron chi connectivity index (χ3n) is 4.76. The monoisotopic (exact) mass is 542 g/mol. The van der Waals surface area contributed by atoms with Gasteiger partial charge >= 0.3 is 15.2 Å². The second kappa shape index (κ2) is 10.2. The van der Waals surface area contributed by atoms with Gasteiger partial charge in [0.1, 0.15) is 24.1 Å². The Morgan fingerprint density at radius 2 is 2.00 bits per heavy atom. The number of nitrogen functional groups attached to an aromatic ring is 1. The van der Waals surface area contributed by atoms with E-state index in [1.165, 1.54) is 12.1 Å². The molecule has 1 fully saturated rings. The Bertz CT molecular complexity index is 1250. The Labute approximate surface area is 192 Å². The van der Waals surface area contributed by atoms with Crippen LogP contribution in [0.1, 0.15) is 12.6 Å². The van der Waals surface area contributed by atoms with E-state index in [0.29, 0.717) is 0 Å². The van der Waals surface area contributed by atoms with Crippen LogP contribution in [0.5, 0.6) is 0 Å². The minimum atomic E-state index is -4.90. The number of hydrogen-bond donors (Lipinski definition) is 6. The minimum absolute atomic E-state index is 0.0975. The lowest BCUT2D eigenvalue weighted by Crippen LogP contribution is -2.29. The molecule has 2 aromatic heterocycles. The van der Waals surface area contributed by atoms with Crippen molar-refractivity contribution in [3.05, 3.63) is 35.3 Å². The molecule has 34 heavy (non-hydrogen) atoms. The van der Waals surface area contributed by atoms with E-state index in [9.17, 15) is 28.3 Å². The fourth-order valence-corrected chi connectivity index (χ4v) is 9.93. The van der Waals surface area contributed by atoms with Crippen molar-refractivity contribution in [2.45, 2.75) is 24.9 Å². The molecule has 0 spiro atoms. The van der Waals surface area contributed by atoms with Crippen molar-refractivity contribution in [1.82, 2.24) is 14.5 Å². The summed E-state index contributed by atoms with van der Waals surface area (Å²) in [4.78, 5) is 56.0. The van der Waals surface area contributed by atoms with Gasteiger partial charge in [-0.25, -0.2) is 0 Å². The van der Waals surface area contributed by atoms with E-state index < -0.39 is 65.0 Å². The number of ether oxygens (including phenoxy) is 2. The van der Waals surface area contributed by atoms with Crippen LogP contribution in [0.4, 0.5) is 5.95 Å². The summed E-state index contributed by atoms with van der Waals surface area (Å²) in [7, 11) is -14.3. The Kier molecular flexibility index (Phi) is 8.06. The zero-order chi connectivity index (χ0) is 25.3. The van der Waals surface area contributed by atoms with Gasteiger partial charge in [-0.2, -0.15) is 4.98 Å². The van der Waals surface area contributed by atoms with Crippen LogP contribution in [-0.2, 0) is 27.7 Å². The molecule has 3 heterocycles. The van der Waals surface area contributed by atoms with Crippen molar-refractivity contribution in [3.63, 3.8) is 0 Å². The standard InChI is InChI=1S/C16H25N4O11P3/c1-2-5-29-11-6-13(20-4-3-10-14(20)18-16(17)19-15(10)21)31-12(11)7-30-34(27,28)9-32(22,23)8-33(24,25)26/h2-4,11-13H,1,5-9H2,(H,22,23)(H,27,28)(H2,24,25,26)(H3,17,18,19,21)/t11?,12-,13-/m1/s1. The van der Waals surface area contributed by atoms with E-state index in [1.807, 2.05) is 0 Å². The summed E-state index contributed by atoms with van der Waals surface area (Å²) in [5.74, 6) is -2.88. The van der Waals surface area contributed by atoms with Gasteiger partial charge in [0.15, 0.2) is 5.65 Å². The average Bonchev–Trinajstić information content (AvgIpc) is 3.25. The quantitative estimate of drug-likeness (QED) is 0.170. The van der Waals surface area contributed by atoms with Gasteiger partial charge in [0.05, 0.1) is 24.7 Å². The molecule has 18 heteroatoms. The van der Waals surface area contributed by atoms with Crippen molar-refractivity contribution < 1.29 is 47.3 Å². The number of hydrogen-bond acceptors (Lipinski definition) is 9. The first kappa shape index (κ1) is 27.0. The van der Waals surface area contributed by atoms with Gasteiger partial charge in [0.2, 0.25) is 13.3 Å². The molecule has 3 unspecified atom stereocenters. The fourth-order valence-electron chi connectivity index (χ4n) is 3.52. The molecule has 1 saturated heterocycles. The average molecular weight is 542 g/mol. The first-order valence-electron chi connectivity index (χ1n) is 9.76. The van der Waals surface area contributed by atoms with Crippen LogP contribution in [-0.4, -0.2) is 71.3 Å². The van der Waals surface area contributed by atoms with E-state index in [2.05, 4.69) is 16.5 Å². The van der Waals surface area contributed by atoms with Crippen LogP contribution in [0.2, 0.25) is 0 Å². The van der Waals surface area contributed by atoms with Crippen LogP contribution in [0.3, 0.4) is 0 Å². The molecule has 0 aliphatic carbocycles. The minimum Gasteiger partial charge on any atom is -0.371 e. The van der Waals surface area contributed by atoms with Crippen molar-refractivity contribution >= 4 is 39.5 Å². The molecule has 190 valence electrons. The lowest BCUT2D eigenvalue weighted by Gasteiger charge is -2.21. The molecule has 0 aromatic carbocycles. The summed E-state index contributed by atoms with van der Waals surface area (Å²) in [6.45, 7) is 3.15. The van der Waals surface area contributed by atoms with Crippen LogP contribution in [0.15, 0.2) is 29.7 Å². The highest BCUT2D eigenvalue weighted by Gasteiger charge is 2.41. The van der Waals surface area contributed by atoms with Crippen molar-refractivity contribution in [1.29, 1.82) is 0 Å². The van der Waals surface area contributed by atoms with Gasteiger partial charge in [0.25, 0.3) is 5.56 Å². The highest BCUT2D eigenvalue weighted by molar-refractivity contribution is 7.79. The molecule has 0 amide bonds. The summed E-state index contributed by atoms with van der Waals surface area (Å²) in [5.41, 5.74) is 5.44. The molecular formula is C16H25N4O11P3. The Hall–Kier alpha value is -1.63. The van der Waals surface area contributed by atoms with Gasteiger partial charge in [-0.1, -0.05) is 6.08 Å². The Balaban J connectivity index is 1.75. The van der Waals surface area contributed by atoms with E-state index in [-0.39, 0.29) is 30.0 Å². The predicted molar refractivity (Wildman–Crippen MR) is 121 cm³/mol. The number of nitrogens with one attached hydrogen (secondary N) is 1. The zero-order valence-corrected chi connectivity index (χ0v) is 20.4. The second-order valence-corrected chi connectivity index (χ2v) is 14.5. The lowest BCUT2D eigenvalue weighted by atomic mass is 10.2. The first-order valence-corrected chi connectivity index (χ1v) is 15.3. The van der Waals surface area contributed by atoms with Crippen molar-refractivity contribution in [2.75, 3.05) is 30.8 Å². The molecule has 5 atom stereocenters. The molecule has 0 bridgehead atoms. The summed E-state index contributed by atoms with van der Waals surface area (Å²) in [5, 5.41) is 0.268. The van der Waals surface area contributed by atoms with E-state index >= 15 is 0 Å². The number of H-pyrrole nitrogens is 1. The SMILES string of the molecule is C=CCOC1C[C@H](n2ccc3c(=O)[nH]c(N)nc32)O[C@@H]1COP(=O)(O)CP(=O)(O)CP(=O)(O)O. The molecule has 3 rings (SSSR count). The van der Waals surface area contributed by atoms with Gasteiger partial charge in [0, 0.05) is 12.6 Å². The summed E-state index contributed by atoms with van der Waals surface area (Å²) >= 11 is 0. The summed E-state index contributed by atoms with van der Waals surface area (Å²) in [6.07, 6.45) is 0.987. The number of aromatic amines is 1. The number of nitrogens with two attached hydrogens (primary N) is 1. The molecule has 7 N–H and O–H groups in total. The molecule has 2 aromatic rings. The summed E-state index contributed by atoms with van der Waals surface area (Å²) in [6, 6.07) is 1.52. The van der Waals surface area contributed by atoms with Crippen LogP contribution >= 0.6 is 22.6 Å². The Morgan fingerprint density at radius 1 is 1.29 bits per heavy atom. The van der Waals surface area contributed by atoms with Gasteiger partial charge in [-0.3, -0.25) is 23.5 Å². The van der Waals surface area contributed by atoms with Crippen LogP contribution < -0.4 is 11.3 Å². The molecule has 15 nitrogen and oxygen atoms in total. The van der Waals surface area contributed by atoms with Crippen LogP contribution in [0, 0.1) is 0 Å². The highest BCUT2D eigenvalue weighted by atomic mass is 31.3. The first-order chi connectivity index (χ1) is 15.7. The van der Waals surface area contributed by atoms with Gasteiger partial charge in [-0.15, -0.1) is 6.58 Å². The topological polar surface area (TPSA) is 237 Å². The highest BCUT2D eigenvalue weighted by Crippen LogP contribution is 2.63. The zero-order valence-electron chi connectivity index (χ0n) is 17.7. The maximum atomic E-state index is 12.3. The van der Waals surface area contributed by atoms with E-state index in [1.54, 1.807) is 10.8 Å². The van der Waals surface area contributed by atoms with Crippen molar-refractivity contribution in [2.24, 2.45) is 0 Å². The fraction of sp³-hybridized carbons (Fsp3) is 0.500. The smallest absolute Gasteiger partial charge is 0.337 e. The van der Waals surface area contributed by atoms with E-state index in [4.69, 9.17) is 29.5 Å². The van der Waals surface area contributed by atoms with Gasteiger partial charge < -0.3 is 43.9 Å². The normalized spacial score (nSPS) is 24.6. The largest absolute Gasteiger partial charge is 0.371 e. The maximum absolute atomic E-state index is 12.3. The molecule has 0 saturated carbocycles. The van der Waals surface area contributed by atoms with Crippen LogP contribution in [0.25, 0.3) is 11.0 Å². The molecule has 1 aliphatic heterocycles. The maximum Gasteiger partial charge on any atom is 0.337 e. The number of nitrogens with zero attached hydrogens (tertiary/aromatic N) is 2. The van der Waals surface area contributed by atoms with Gasteiger partial charge in [-0.05, 0) is 6.07 Å². The number of fused-ring (bicyclic) bond motifs is 1. The van der Waals surface area contributed by atoms with Crippen molar-refractivity contribution in [3.8, 4) is 0 Å². The van der Waals surface area contributed by atoms with E-state index in [0.717, 1.165) is 0 Å². The summed E-state index contributed by atoms with van der Waals surface area (Å²) < 4.78 is 53.4. The second-order valence-electron chi connectivity index (χ2n) is 7.66. The third-order valence-corrected chi connectivity index (χ3v) is 11.8.